The molecule has 0 atom stereocenters. The minimum Gasteiger partial charge on any atom is -0.354 e. The molecule has 3 heteroatoms. The van der Waals surface area contributed by atoms with Crippen LogP contribution in [-0.4, -0.2) is 0 Å². The lowest BCUT2D eigenvalue weighted by Crippen LogP contribution is -2.26. The minimum atomic E-state index is 0.00345. The maximum Gasteiger partial charge on any atom is 0.0570 e. The van der Waals surface area contributed by atoms with E-state index in [2.05, 4.69) is 87.4 Å². The molecule has 1 heterocycles. The molecule has 0 aliphatic carbocycles. The molecule has 0 bridgehead atoms. The Hall–Kier alpha value is -0.800. The van der Waals surface area contributed by atoms with Gasteiger partial charge in [0.1, 0.15) is 0 Å². The third-order valence-corrected chi connectivity index (χ3v) is 4.76. The van der Waals surface area contributed by atoms with Gasteiger partial charge < -0.3 is 5.32 Å². The van der Waals surface area contributed by atoms with Crippen LogP contribution in [0.3, 0.4) is 0 Å². The number of para-hydroxylation sites is 1. The van der Waals surface area contributed by atoms with Crippen molar-refractivity contribution in [2.75, 3.05) is 5.32 Å². The Morgan fingerprint density at radius 1 is 1.00 bits per heavy atom. The van der Waals surface area contributed by atoms with Crippen molar-refractivity contribution in [3.05, 3.63) is 56.5 Å². The molecule has 2 aromatic carbocycles. The molecule has 0 saturated carbocycles. The second-order valence-corrected chi connectivity index (χ2v) is 6.87. The van der Waals surface area contributed by atoms with E-state index in [9.17, 15) is 0 Å². The van der Waals surface area contributed by atoms with Crippen LogP contribution in [0.1, 0.15) is 25.0 Å². The fraction of sp³-hybridized carbons (Fsp3) is 0.200. The standard InChI is InChI=1S/C15H13Br2N/c1-15(2)10-4-3-5-12(17)14(10)18-13-7-6-9(16)8-11(13)15/h3-8,18H,1-2H3. The molecule has 0 fully saturated rings. The summed E-state index contributed by atoms with van der Waals surface area (Å²) in [6, 6.07) is 12.8. The zero-order chi connectivity index (χ0) is 12.9. The van der Waals surface area contributed by atoms with Gasteiger partial charge in [-0.2, -0.15) is 0 Å². The van der Waals surface area contributed by atoms with Crippen molar-refractivity contribution in [3.8, 4) is 0 Å². The average Bonchev–Trinajstić information content (AvgIpc) is 2.32. The lowest BCUT2D eigenvalue weighted by atomic mass is 9.74. The van der Waals surface area contributed by atoms with Gasteiger partial charge in [0.2, 0.25) is 0 Å². The molecule has 0 radical (unpaired) electrons. The summed E-state index contributed by atoms with van der Waals surface area (Å²) >= 11 is 7.19. The van der Waals surface area contributed by atoms with Crippen LogP contribution < -0.4 is 5.32 Å². The van der Waals surface area contributed by atoms with E-state index >= 15 is 0 Å². The number of nitrogens with one attached hydrogen (secondary N) is 1. The summed E-state index contributed by atoms with van der Waals surface area (Å²) in [4.78, 5) is 0. The molecule has 0 saturated heterocycles. The van der Waals surface area contributed by atoms with Crippen LogP contribution in [0.4, 0.5) is 11.4 Å². The first-order valence-electron chi connectivity index (χ1n) is 5.86. The zero-order valence-electron chi connectivity index (χ0n) is 10.2. The van der Waals surface area contributed by atoms with E-state index in [1.165, 1.54) is 22.5 Å². The van der Waals surface area contributed by atoms with Crippen molar-refractivity contribution in [3.63, 3.8) is 0 Å². The molecule has 0 aromatic heterocycles. The third-order valence-electron chi connectivity index (χ3n) is 3.60. The summed E-state index contributed by atoms with van der Waals surface area (Å²) in [6.45, 7) is 4.54. The summed E-state index contributed by atoms with van der Waals surface area (Å²) in [5.41, 5.74) is 5.01. The predicted molar refractivity (Wildman–Crippen MR) is 83.7 cm³/mol. The van der Waals surface area contributed by atoms with Crippen molar-refractivity contribution >= 4 is 43.2 Å². The lowest BCUT2D eigenvalue weighted by Gasteiger charge is -2.36. The molecular formula is C15H13Br2N. The number of benzene rings is 2. The number of fused-ring (bicyclic) bond motifs is 2. The quantitative estimate of drug-likeness (QED) is 0.640. The van der Waals surface area contributed by atoms with Crippen LogP contribution in [0.5, 0.6) is 0 Å². The van der Waals surface area contributed by atoms with E-state index < -0.39 is 0 Å². The van der Waals surface area contributed by atoms with Crippen molar-refractivity contribution in [1.82, 2.24) is 0 Å². The normalized spacial score (nSPS) is 15.6. The summed E-state index contributed by atoms with van der Waals surface area (Å²) in [6.07, 6.45) is 0. The van der Waals surface area contributed by atoms with Crippen molar-refractivity contribution in [2.45, 2.75) is 19.3 Å². The first-order chi connectivity index (χ1) is 8.50. The highest BCUT2D eigenvalue weighted by Gasteiger charge is 2.33. The highest BCUT2D eigenvalue weighted by molar-refractivity contribution is 9.10. The molecule has 1 N–H and O–H groups in total. The highest BCUT2D eigenvalue weighted by atomic mass is 79.9. The second-order valence-electron chi connectivity index (χ2n) is 5.10. The van der Waals surface area contributed by atoms with Gasteiger partial charge in [0.05, 0.1) is 5.69 Å². The Labute approximate surface area is 124 Å². The van der Waals surface area contributed by atoms with Crippen molar-refractivity contribution in [1.29, 1.82) is 0 Å². The van der Waals surface area contributed by atoms with Gasteiger partial charge in [-0.05, 0) is 51.3 Å². The van der Waals surface area contributed by atoms with E-state index in [1.807, 2.05) is 0 Å². The van der Waals surface area contributed by atoms with E-state index in [0.29, 0.717) is 0 Å². The summed E-state index contributed by atoms with van der Waals surface area (Å²) in [7, 11) is 0. The number of halogens is 2. The summed E-state index contributed by atoms with van der Waals surface area (Å²) < 4.78 is 2.23. The van der Waals surface area contributed by atoms with Gasteiger partial charge in [-0.15, -0.1) is 0 Å². The minimum absolute atomic E-state index is 0.00345. The summed E-state index contributed by atoms with van der Waals surface area (Å²) in [5.74, 6) is 0. The van der Waals surface area contributed by atoms with Gasteiger partial charge in [-0.3, -0.25) is 0 Å². The number of hydrogen-bond acceptors (Lipinski definition) is 1. The van der Waals surface area contributed by atoms with E-state index in [-0.39, 0.29) is 5.41 Å². The lowest BCUT2D eigenvalue weighted by molar-refractivity contribution is 0.637. The Bertz CT molecular complexity index is 628. The maximum absolute atomic E-state index is 3.63. The molecule has 1 aliphatic rings. The SMILES string of the molecule is CC1(C)c2cc(Br)ccc2Nc2c(Br)cccc21. The Balaban J connectivity index is 2.30. The summed E-state index contributed by atoms with van der Waals surface area (Å²) in [5, 5.41) is 3.52. The molecule has 92 valence electrons. The average molecular weight is 367 g/mol. The molecule has 1 nitrogen and oxygen atoms in total. The number of rotatable bonds is 0. The fourth-order valence-electron chi connectivity index (χ4n) is 2.59. The van der Waals surface area contributed by atoms with Gasteiger partial charge in [0.25, 0.3) is 0 Å². The zero-order valence-corrected chi connectivity index (χ0v) is 13.4. The molecule has 1 aliphatic heterocycles. The molecule has 3 rings (SSSR count). The second kappa shape index (κ2) is 4.10. The van der Waals surface area contributed by atoms with Crippen molar-refractivity contribution in [2.24, 2.45) is 0 Å². The Morgan fingerprint density at radius 2 is 1.78 bits per heavy atom. The van der Waals surface area contributed by atoms with Gasteiger partial charge >= 0.3 is 0 Å². The topological polar surface area (TPSA) is 12.0 Å². The molecule has 0 unspecified atom stereocenters. The van der Waals surface area contributed by atoms with Crippen LogP contribution in [-0.2, 0) is 5.41 Å². The van der Waals surface area contributed by atoms with Gasteiger partial charge in [-0.1, -0.05) is 41.9 Å². The van der Waals surface area contributed by atoms with E-state index in [0.717, 1.165) is 8.95 Å². The van der Waals surface area contributed by atoms with Gasteiger partial charge in [0, 0.05) is 20.0 Å². The number of anilines is 2. The van der Waals surface area contributed by atoms with E-state index in [1.54, 1.807) is 0 Å². The van der Waals surface area contributed by atoms with Crippen LogP contribution in [0, 0.1) is 0 Å². The number of hydrogen-bond donors (Lipinski definition) is 1. The van der Waals surface area contributed by atoms with Gasteiger partial charge in [0.15, 0.2) is 0 Å². The highest BCUT2D eigenvalue weighted by Crippen LogP contribution is 2.48. The fourth-order valence-corrected chi connectivity index (χ4v) is 3.42. The smallest absolute Gasteiger partial charge is 0.0570 e. The van der Waals surface area contributed by atoms with E-state index in [4.69, 9.17) is 0 Å². The molecule has 0 spiro atoms. The largest absolute Gasteiger partial charge is 0.354 e. The molecule has 18 heavy (non-hydrogen) atoms. The van der Waals surface area contributed by atoms with Crippen LogP contribution >= 0.6 is 31.9 Å². The predicted octanol–water partition coefficient (Wildman–Crippen LogP) is 5.59. The molecule has 2 aromatic rings. The molecule has 0 amide bonds. The van der Waals surface area contributed by atoms with Gasteiger partial charge in [-0.25, -0.2) is 0 Å². The van der Waals surface area contributed by atoms with Crippen LogP contribution in [0.25, 0.3) is 0 Å². The van der Waals surface area contributed by atoms with Crippen LogP contribution in [0.15, 0.2) is 45.3 Å². The molecular weight excluding hydrogens is 354 g/mol. The third kappa shape index (κ3) is 1.72. The first-order valence-corrected chi connectivity index (χ1v) is 7.45. The Kier molecular flexibility index (Phi) is 2.79. The Morgan fingerprint density at radius 3 is 2.56 bits per heavy atom. The van der Waals surface area contributed by atoms with Crippen LogP contribution in [0.2, 0.25) is 0 Å². The first kappa shape index (κ1) is 12.2. The van der Waals surface area contributed by atoms with Crippen molar-refractivity contribution < 1.29 is 0 Å². The maximum atomic E-state index is 3.63. The monoisotopic (exact) mass is 365 g/mol.